The Morgan fingerprint density at radius 2 is 2.03 bits per heavy atom. The van der Waals surface area contributed by atoms with Crippen molar-refractivity contribution in [1.29, 1.82) is 0 Å². The quantitative estimate of drug-likeness (QED) is 0.667. The van der Waals surface area contributed by atoms with Gasteiger partial charge < -0.3 is 20.1 Å². The molecule has 3 heterocycles. The van der Waals surface area contributed by atoms with Crippen LogP contribution in [0.15, 0.2) is 23.3 Å². The van der Waals surface area contributed by atoms with Gasteiger partial charge >= 0.3 is 12.1 Å². The van der Waals surface area contributed by atoms with Crippen molar-refractivity contribution in [3.63, 3.8) is 0 Å². The van der Waals surface area contributed by atoms with E-state index in [2.05, 4.69) is 41.8 Å². The van der Waals surface area contributed by atoms with E-state index in [4.69, 9.17) is 14.6 Å². The molecule has 3 aliphatic rings. The van der Waals surface area contributed by atoms with E-state index in [-0.39, 0.29) is 17.4 Å². The number of amides is 1. The van der Waals surface area contributed by atoms with Crippen molar-refractivity contribution in [3.05, 3.63) is 23.8 Å². The summed E-state index contributed by atoms with van der Waals surface area (Å²) in [5.41, 5.74) is 5.06. The largest absolute Gasteiger partial charge is 0.490 e. The van der Waals surface area contributed by atoms with Crippen molar-refractivity contribution >= 4 is 23.4 Å². The molecular weight excluding hydrogens is 405 g/mol. The number of halogens is 3. The Bertz CT molecular complexity index is 883. The van der Waals surface area contributed by atoms with Gasteiger partial charge in [0, 0.05) is 13.1 Å². The van der Waals surface area contributed by atoms with E-state index < -0.39 is 12.1 Å². The van der Waals surface area contributed by atoms with Gasteiger partial charge in [-0.05, 0) is 36.0 Å². The Morgan fingerprint density at radius 3 is 2.57 bits per heavy atom. The van der Waals surface area contributed by atoms with Crippen LogP contribution < -0.4 is 20.4 Å². The van der Waals surface area contributed by atoms with Crippen LogP contribution >= 0.6 is 0 Å². The molecule has 0 aliphatic carbocycles. The van der Waals surface area contributed by atoms with E-state index in [9.17, 15) is 18.0 Å². The molecule has 1 amide bonds. The van der Waals surface area contributed by atoms with E-state index in [1.807, 2.05) is 17.9 Å². The van der Waals surface area contributed by atoms with E-state index in [1.165, 1.54) is 5.56 Å². The summed E-state index contributed by atoms with van der Waals surface area (Å²) >= 11 is 0. The Balaban J connectivity index is 0.000000318. The van der Waals surface area contributed by atoms with Gasteiger partial charge in [0.25, 0.3) is 5.91 Å². The Hall–Kier alpha value is -2.82. The van der Waals surface area contributed by atoms with Crippen molar-refractivity contribution in [2.24, 2.45) is 10.5 Å². The fourth-order valence-electron chi connectivity index (χ4n) is 3.54. The van der Waals surface area contributed by atoms with Gasteiger partial charge in [-0.1, -0.05) is 19.9 Å². The number of alkyl halides is 3. The van der Waals surface area contributed by atoms with Crippen LogP contribution in [0.4, 0.5) is 18.9 Å². The number of anilines is 1. The number of rotatable bonds is 2. The van der Waals surface area contributed by atoms with Crippen LogP contribution in [-0.4, -0.2) is 54.7 Å². The van der Waals surface area contributed by atoms with Crippen molar-refractivity contribution in [1.82, 2.24) is 10.7 Å². The maximum atomic E-state index is 12.0. The number of aliphatic carboxylic acids is 1. The highest BCUT2D eigenvalue weighted by atomic mass is 19.4. The van der Waals surface area contributed by atoms with E-state index >= 15 is 0 Å². The van der Waals surface area contributed by atoms with Crippen molar-refractivity contribution in [2.45, 2.75) is 38.9 Å². The van der Waals surface area contributed by atoms with Gasteiger partial charge in [0.15, 0.2) is 5.84 Å². The summed E-state index contributed by atoms with van der Waals surface area (Å²) in [5, 5.41) is 14.6. The standard InChI is InChI=1S/C17H22N4O2.C2HF3O2/c1-10(17(3)8-18-9-17)12-4-5-14-13(6-12)21-11(2)16(22)20-19-15(21)7-23-14;3-2(4,5)1(6)7/h4-6,10-11,18H,7-9H2,1-3H3,(H,20,22);(H,6,7). The molecule has 1 saturated heterocycles. The molecule has 3 aliphatic heterocycles. The molecule has 1 aromatic carbocycles. The molecule has 0 aromatic heterocycles. The molecule has 30 heavy (non-hydrogen) atoms. The molecule has 0 radical (unpaired) electrons. The van der Waals surface area contributed by atoms with Gasteiger partial charge in [-0.15, -0.1) is 0 Å². The van der Waals surface area contributed by atoms with Crippen LogP contribution in [0.5, 0.6) is 5.75 Å². The monoisotopic (exact) mass is 428 g/mol. The number of ether oxygens (including phenoxy) is 1. The first-order valence-corrected chi connectivity index (χ1v) is 9.37. The number of hydrazone groups is 1. The molecule has 0 saturated carbocycles. The van der Waals surface area contributed by atoms with Crippen LogP contribution in [0.1, 0.15) is 32.3 Å². The van der Waals surface area contributed by atoms with E-state index in [1.54, 1.807) is 0 Å². The number of nitrogens with one attached hydrogen (secondary N) is 2. The third-order valence-corrected chi connectivity index (χ3v) is 5.78. The lowest BCUT2D eigenvalue weighted by atomic mass is 9.70. The molecule has 11 heteroatoms. The fourth-order valence-corrected chi connectivity index (χ4v) is 3.54. The second-order valence-corrected chi connectivity index (χ2v) is 7.85. The third-order valence-electron chi connectivity index (χ3n) is 5.78. The maximum Gasteiger partial charge on any atom is 0.490 e. The number of carbonyl (C=O) groups excluding carboxylic acids is 1. The minimum Gasteiger partial charge on any atom is -0.483 e. The highest BCUT2D eigenvalue weighted by Crippen LogP contribution is 2.43. The zero-order valence-electron chi connectivity index (χ0n) is 16.7. The molecule has 4 rings (SSSR count). The summed E-state index contributed by atoms with van der Waals surface area (Å²) in [6, 6.07) is 6.04. The van der Waals surface area contributed by atoms with Gasteiger partial charge in [0.2, 0.25) is 0 Å². The van der Waals surface area contributed by atoms with E-state index in [0.29, 0.717) is 12.5 Å². The minimum absolute atomic E-state index is 0.0878. The zero-order valence-corrected chi connectivity index (χ0v) is 16.7. The number of benzene rings is 1. The number of carbonyl (C=O) groups is 2. The second-order valence-electron chi connectivity index (χ2n) is 7.85. The summed E-state index contributed by atoms with van der Waals surface area (Å²) < 4.78 is 37.5. The summed E-state index contributed by atoms with van der Waals surface area (Å²) in [6.45, 7) is 8.94. The predicted octanol–water partition coefficient (Wildman–Crippen LogP) is 2.06. The van der Waals surface area contributed by atoms with Gasteiger partial charge in [-0.25, -0.2) is 10.2 Å². The summed E-state index contributed by atoms with van der Waals surface area (Å²) in [5.74, 6) is -0.836. The first-order chi connectivity index (χ1) is 13.9. The maximum absolute atomic E-state index is 12.0. The number of amidine groups is 1. The lowest BCUT2D eigenvalue weighted by Crippen LogP contribution is -2.55. The third kappa shape index (κ3) is 4.07. The van der Waals surface area contributed by atoms with Crippen LogP contribution in [0.25, 0.3) is 0 Å². The van der Waals surface area contributed by atoms with Crippen LogP contribution in [-0.2, 0) is 9.59 Å². The molecule has 1 aromatic rings. The highest BCUT2D eigenvalue weighted by molar-refractivity contribution is 6.09. The molecule has 3 N–H and O–H groups in total. The van der Waals surface area contributed by atoms with Crippen molar-refractivity contribution < 1.29 is 32.6 Å². The van der Waals surface area contributed by atoms with Gasteiger partial charge in [0.05, 0.1) is 5.69 Å². The van der Waals surface area contributed by atoms with E-state index in [0.717, 1.165) is 30.4 Å². The normalized spacial score (nSPS) is 22.6. The Morgan fingerprint density at radius 1 is 1.40 bits per heavy atom. The predicted molar refractivity (Wildman–Crippen MR) is 103 cm³/mol. The molecule has 0 spiro atoms. The minimum atomic E-state index is -5.08. The number of carboxylic acids is 1. The highest BCUT2D eigenvalue weighted by Gasteiger charge is 2.40. The molecule has 0 bridgehead atoms. The number of carboxylic acid groups (broad SMARTS) is 1. The number of nitrogens with zero attached hydrogens (tertiary/aromatic N) is 2. The second kappa shape index (κ2) is 7.78. The zero-order chi connectivity index (χ0) is 22.3. The first kappa shape index (κ1) is 21.9. The Labute approximate surface area is 171 Å². The molecular formula is C19H23F3N4O4. The SMILES string of the molecule is CC1C(=O)NN=C2COc3ccc(C(C)C4(C)CNC4)cc3N21.O=C(O)C(F)(F)F. The van der Waals surface area contributed by atoms with Gasteiger partial charge in [-0.3, -0.25) is 4.79 Å². The van der Waals surface area contributed by atoms with Crippen molar-refractivity contribution in [2.75, 3.05) is 24.6 Å². The average molecular weight is 428 g/mol. The summed E-state index contributed by atoms with van der Waals surface area (Å²) in [7, 11) is 0. The summed E-state index contributed by atoms with van der Waals surface area (Å²) in [6.07, 6.45) is -5.08. The fraction of sp³-hybridized carbons (Fsp3) is 0.526. The molecule has 164 valence electrons. The van der Waals surface area contributed by atoms with Crippen LogP contribution in [0.2, 0.25) is 0 Å². The van der Waals surface area contributed by atoms with Crippen LogP contribution in [0, 0.1) is 5.41 Å². The lowest BCUT2D eigenvalue weighted by Gasteiger charge is -2.45. The molecule has 1 fully saturated rings. The first-order valence-electron chi connectivity index (χ1n) is 9.37. The van der Waals surface area contributed by atoms with Gasteiger partial charge in [0.1, 0.15) is 18.4 Å². The van der Waals surface area contributed by atoms with Crippen LogP contribution in [0.3, 0.4) is 0 Å². The van der Waals surface area contributed by atoms with Crippen molar-refractivity contribution in [3.8, 4) is 5.75 Å². The average Bonchev–Trinajstić information content (AvgIpc) is 2.67. The Kier molecular flexibility index (Phi) is 5.68. The molecule has 2 unspecified atom stereocenters. The van der Waals surface area contributed by atoms with Gasteiger partial charge in [-0.2, -0.15) is 18.3 Å². The lowest BCUT2D eigenvalue weighted by molar-refractivity contribution is -0.192. The topological polar surface area (TPSA) is 103 Å². The number of fused-ring (bicyclic) bond motifs is 3. The number of hydrogen-bond acceptors (Lipinski definition) is 6. The molecule has 2 atom stereocenters. The summed E-state index contributed by atoms with van der Waals surface area (Å²) in [4.78, 5) is 22.9. The molecule has 8 nitrogen and oxygen atoms in total. The smallest absolute Gasteiger partial charge is 0.483 e. The number of hydrogen-bond donors (Lipinski definition) is 3.